The molecule has 0 atom stereocenters. The first-order chi connectivity index (χ1) is 49.5. The van der Waals surface area contributed by atoms with Crippen molar-refractivity contribution in [2.45, 2.75) is 253 Å². The summed E-state index contributed by atoms with van der Waals surface area (Å²) in [5.41, 5.74) is 30.4. The summed E-state index contributed by atoms with van der Waals surface area (Å²) in [6.45, 7) is 27.6. The smallest absolute Gasteiger partial charge is 0.0544 e. The highest BCUT2D eigenvalue weighted by atomic mass is 15.1. The number of benzene rings is 10. The van der Waals surface area contributed by atoms with Gasteiger partial charge in [-0.05, 0) is 227 Å². The molecule has 0 bridgehead atoms. The van der Waals surface area contributed by atoms with Gasteiger partial charge in [-0.2, -0.15) is 0 Å². The molecule has 0 aliphatic heterocycles. The van der Waals surface area contributed by atoms with Crippen molar-refractivity contribution in [3.05, 3.63) is 257 Å². The van der Waals surface area contributed by atoms with Crippen molar-refractivity contribution >= 4 is 55.9 Å². The van der Waals surface area contributed by atoms with Crippen molar-refractivity contribution in [2.24, 2.45) is 0 Å². The molecular formula is C99H119N3. The molecule has 0 radical (unpaired) electrons. The number of para-hydroxylation sites is 1. The third kappa shape index (κ3) is 16.3. The minimum absolute atomic E-state index is 0.0358. The Balaban J connectivity index is 0.942. The van der Waals surface area contributed by atoms with Crippen LogP contribution >= 0.6 is 0 Å². The molecule has 10 aromatic carbocycles. The van der Waals surface area contributed by atoms with Crippen molar-refractivity contribution in [3.63, 3.8) is 0 Å². The van der Waals surface area contributed by atoms with E-state index in [-0.39, 0.29) is 16.2 Å². The number of hydrogen-bond donors (Lipinski definition) is 0. The molecule has 530 valence electrons. The minimum atomic E-state index is -0.0428. The van der Waals surface area contributed by atoms with Crippen LogP contribution in [-0.4, -0.2) is 4.57 Å². The van der Waals surface area contributed by atoms with Gasteiger partial charge in [0.1, 0.15) is 0 Å². The molecule has 102 heavy (non-hydrogen) atoms. The van der Waals surface area contributed by atoms with Crippen LogP contribution < -0.4 is 9.80 Å². The monoisotopic (exact) mass is 1350 g/mol. The average molecular weight is 1350 g/mol. The summed E-state index contributed by atoms with van der Waals surface area (Å²) in [7, 11) is 0. The van der Waals surface area contributed by atoms with Crippen LogP contribution in [-0.2, 0) is 29.1 Å². The Kier molecular flexibility index (Phi) is 24.0. The fourth-order valence-corrected chi connectivity index (χ4v) is 16.8. The van der Waals surface area contributed by atoms with E-state index in [9.17, 15) is 0 Å². The lowest BCUT2D eigenvalue weighted by Crippen LogP contribution is -2.26. The van der Waals surface area contributed by atoms with Crippen LogP contribution in [0.15, 0.2) is 212 Å². The maximum absolute atomic E-state index is 2.76. The first-order valence-electron chi connectivity index (χ1n) is 40.1. The first-order valence-corrected chi connectivity index (χ1v) is 40.1. The Labute approximate surface area is 615 Å². The maximum atomic E-state index is 2.76. The Hall–Kier alpha value is -8.40. The quantitative estimate of drug-likeness (QED) is 0.0380. The molecule has 0 saturated heterocycles. The van der Waals surface area contributed by atoms with E-state index in [4.69, 9.17) is 0 Å². The van der Waals surface area contributed by atoms with Gasteiger partial charge >= 0.3 is 0 Å². The van der Waals surface area contributed by atoms with Crippen molar-refractivity contribution in [3.8, 4) is 39.1 Å². The van der Waals surface area contributed by atoms with Crippen LogP contribution in [0.2, 0.25) is 0 Å². The van der Waals surface area contributed by atoms with Crippen LogP contribution in [0.25, 0.3) is 60.9 Å². The molecule has 0 amide bonds. The van der Waals surface area contributed by atoms with Gasteiger partial charge in [-0.25, -0.2) is 0 Å². The van der Waals surface area contributed by atoms with Gasteiger partial charge in [0.25, 0.3) is 0 Å². The molecule has 1 aromatic heterocycles. The molecule has 0 unspecified atom stereocenters. The first kappa shape index (κ1) is 73.4. The van der Waals surface area contributed by atoms with Crippen LogP contribution in [0.3, 0.4) is 0 Å². The fraction of sp³-hybridized carbons (Fsp3) is 0.394. The van der Waals surface area contributed by atoms with Crippen LogP contribution in [0.1, 0.15) is 255 Å². The van der Waals surface area contributed by atoms with Crippen LogP contribution in [0, 0.1) is 13.8 Å². The Morgan fingerprint density at radius 2 is 0.735 bits per heavy atom. The standard InChI is InChI=1S/C99H119N3/c1-13-17-21-25-27-33-67-99(68-34-28-26-22-18-14-2)91-69-73(6)41-64-87(91)88-65-66-93-95(96(88)99)89-37-31-32-38-92(89)102(93)94-71-77(35-29-23-19-15-3)90(70-78(94)36-30-24-20-16-4)76-46-58-84(59-47-76)101(86-62-50-80(51-63-86)98(10,11)12)83-56-44-75(45-57-83)74-42-54-82(55-43-74)100(81-52-39-72(5)40-53-81)85-60-48-79(49-61-85)97(7,8)9/h31-32,37-66,69-71H,13-30,33-36,67-68H2,1-12H3. The number of hydrogen-bond acceptors (Lipinski definition) is 2. The largest absolute Gasteiger partial charge is 0.311 e. The summed E-state index contributed by atoms with van der Waals surface area (Å²) in [6, 6.07) is 82.8. The van der Waals surface area contributed by atoms with Crippen LogP contribution in [0.4, 0.5) is 34.1 Å². The summed E-state index contributed by atoms with van der Waals surface area (Å²) < 4.78 is 2.76. The zero-order chi connectivity index (χ0) is 71.4. The van der Waals surface area contributed by atoms with Gasteiger partial charge in [0.15, 0.2) is 0 Å². The second kappa shape index (κ2) is 33.4. The number of aryl methyl sites for hydroxylation is 4. The topological polar surface area (TPSA) is 11.4 Å². The normalized spacial score (nSPS) is 12.7. The van der Waals surface area contributed by atoms with E-state index >= 15 is 0 Å². The van der Waals surface area contributed by atoms with E-state index in [2.05, 4.69) is 310 Å². The lowest BCUT2D eigenvalue weighted by Gasteiger charge is -2.34. The molecule has 11 aromatic rings. The van der Waals surface area contributed by atoms with Crippen molar-refractivity contribution in [2.75, 3.05) is 9.80 Å². The van der Waals surface area contributed by atoms with E-state index in [1.807, 2.05) is 0 Å². The number of nitrogens with zero attached hydrogens (tertiary/aromatic N) is 3. The van der Waals surface area contributed by atoms with E-state index < -0.39 is 0 Å². The lowest BCUT2D eigenvalue weighted by molar-refractivity contribution is 0.400. The molecule has 1 aliphatic rings. The van der Waals surface area contributed by atoms with Gasteiger partial charge in [0, 0.05) is 56.0 Å². The van der Waals surface area contributed by atoms with Gasteiger partial charge in [0.2, 0.25) is 0 Å². The number of anilines is 6. The third-order valence-corrected chi connectivity index (χ3v) is 22.7. The van der Waals surface area contributed by atoms with E-state index in [0.29, 0.717) is 0 Å². The van der Waals surface area contributed by atoms with Crippen molar-refractivity contribution < 1.29 is 0 Å². The van der Waals surface area contributed by atoms with E-state index in [0.717, 1.165) is 47.0 Å². The highest BCUT2D eigenvalue weighted by molar-refractivity contribution is 6.14. The zero-order valence-electron chi connectivity index (χ0n) is 64.5. The van der Waals surface area contributed by atoms with Gasteiger partial charge < -0.3 is 14.4 Å². The summed E-state index contributed by atoms with van der Waals surface area (Å²) in [5, 5.41) is 2.90. The molecular weight excluding hydrogens is 1230 g/mol. The molecule has 3 heteroatoms. The number of aromatic nitrogens is 1. The summed E-state index contributed by atoms with van der Waals surface area (Å²) in [4.78, 5) is 4.83. The van der Waals surface area contributed by atoms with Crippen LogP contribution in [0.5, 0.6) is 0 Å². The molecule has 0 saturated carbocycles. The average Bonchev–Trinajstić information content (AvgIpc) is 1.53. The van der Waals surface area contributed by atoms with Crippen molar-refractivity contribution in [1.82, 2.24) is 4.57 Å². The van der Waals surface area contributed by atoms with Gasteiger partial charge in [0.05, 0.1) is 11.0 Å². The molecule has 1 aliphatic carbocycles. The highest BCUT2D eigenvalue weighted by Gasteiger charge is 2.44. The second-order valence-corrected chi connectivity index (χ2v) is 32.4. The predicted octanol–water partition coefficient (Wildman–Crippen LogP) is 30.3. The summed E-state index contributed by atoms with van der Waals surface area (Å²) >= 11 is 0. The van der Waals surface area contributed by atoms with E-state index in [1.54, 1.807) is 11.1 Å². The second-order valence-electron chi connectivity index (χ2n) is 32.4. The van der Waals surface area contributed by atoms with Gasteiger partial charge in [-0.3, -0.25) is 0 Å². The zero-order valence-corrected chi connectivity index (χ0v) is 64.5. The highest BCUT2D eigenvalue weighted by Crippen LogP contribution is 2.58. The van der Waals surface area contributed by atoms with E-state index in [1.165, 1.54) is 236 Å². The maximum Gasteiger partial charge on any atom is 0.0544 e. The summed E-state index contributed by atoms with van der Waals surface area (Å²) in [6.07, 6.45) is 30.0. The minimum Gasteiger partial charge on any atom is -0.311 e. The molecule has 0 fully saturated rings. The Morgan fingerprint density at radius 1 is 0.333 bits per heavy atom. The molecule has 0 N–H and O–H groups in total. The predicted molar refractivity (Wildman–Crippen MR) is 446 cm³/mol. The Morgan fingerprint density at radius 3 is 1.22 bits per heavy atom. The molecule has 0 spiro atoms. The lowest BCUT2D eigenvalue weighted by atomic mass is 9.69. The molecule has 3 nitrogen and oxygen atoms in total. The molecule has 1 heterocycles. The van der Waals surface area contributed by atoms with Gasteiger partial charge in [-0.1, -0.05) is 311 Å². The van der Waals surface area contributed by atoms with Gasteiger partial charge in [-0.15, -0.1) is 0 Å². The SMILES string of the molecule is CCCCCCCCC1(CCCCCCCC)c2cc(C)ccc2-c2ccc3c(c21)c1ccccc1n3-c1cc(CCCCCC)c(-c2ccc(N(c3ccc(-c4ccc(N(c5ccc(C)cc5)c5ccc(C(C)(C)C)cc5)cc4)cc3)c3ccc(C(C)(C)C)cc3)cc2)cc1CCCCCC. The number of unbranched alkanes of at least 4 members (excludes halogenated alkanes) is 16. The fourth-order valence-electron chi connectivity index (χ4n) is 16.8. The number of rotatable bonds is 33. The molecule has 12 rings (SSSR count). The number of fused-ring (bicyclic) bond motifs is 7. The summed E-state index contributed by atoms with van der Waals surface area (Å²) in [5.74, 6) is 0. The van der Waals surface area contributed by atoms with Crippen molar-refractivity contribution in [1.29, 1.82) is 0 Å². The third-order valence-electron chi connectivity index (χ3n) is 22.7. The Bertz CT molecular complexity index is 4490.